The molecule has 1 saturated carbocycles. The van der Waals surface area contributed by atoms with Crippen LogP contribution >= 0.6 is 11.6 Å². The van der Waals surface area contributed by atoms with Gasteiger partial charge in [0.1, 0.15) is 0 Å². The summed E-state index contributed by atoms with van der Waals surface area (Å²) >= 11 is 6.21. The summed E-state index contributed by atoms with van der Waals surface area (Å²) in [4.78, 5) is 15.4. The van der Waals surface area contributed by atoms with Gasteiger partial charge in [-0.15, -0.1) is 5.10 Å². The average Bonchev–Trinajstić information content (AvgIpc) is 3.54. The van der Waals surface area contributed by atoms with E-state index in [1.54, 1.807) is 18.2 Å². The van der Waals surface area contributed by atoms with Crippen molar-refractivity contribution in [1.29, 1.82) is 0 Å². The standard InChI is InChI=1S/C15H20N4O2.C12H15Cl/c1-4-7-12(8-5-2)15-17-14(19(11-21)18-15)9-16-13(6-3)10-20;1-8-5-9(2)11(12(13)6-8)7-10-3-4-10/h4-8,11,16,20H,1,9-10H2,2-3H3;5-6,10H,3-4,7H2,1-2H3/b8-5-,12-7+,13-6-;. The lowest BCUT2D eigenvalue weighted by Gasteiger charge is -2.08. The molecule has 1 fully saturated rings. The summed E-state index contributed by atoms with van der Waals surface area (Å²) in [5.41, 5.74) is 5.42. The van der Waals surface area contributed by atoms with Gasteiger partial charge >= 0.3 is 0 Å². The molecule has 1 aromatic carbocycles. The van der Waals surface area contributed by atoms with Crippen LogP contribution in [0.1, 0.15) is 55.0 Å². The number of carbonyl (C=O) groups excluding carboxylic acids is 1. The molecular weight excluding hydrogens is 448 g/mol. The van der Waals surface area contributed by atoms with E-state index in [4.69, 9.17) is 16.7 Å². The second-order valence-electron chi connectivity index (χ2n) is 8.27. The number of aliphatic hydroxyl groups excluding tert-OH is 1. The molecule has 3 rings (SSSR count). The maximum Gasteiger partial charge on any atom is 0.235 e. The average molecular weight is 483 g/mol. The highest BCUT2D eigenvalue weighted by atomic mass is 35.5. The van der Waals surface area contributed by atoms with Crippen LogP contribution in [0.4, 0.5) is 0 Å². The lowest BCUT2D eigenvalue weighted by molar-refractivity contribution is 0.320. The van der Waals surface area contributed by atoms with Crippen molar-refractivity contribution in [3.05, 3.63) is 88.2 Å². The molecule has 0 spiro atoms. The maximum absolute atomic E-state index is 11.1. The molecule has 0 radical (unpaired) electrons. The van der Waals surface area contributed by atoms with Crippen molar-refractivity contribution in [3.8, 4) is 0 Å². The third-order valence-corrected chi connectivity index (χ3v) is 5.79. The predicted octanol–water partition coefficient (Wildman–Crippen LogP) is 5.36. The molecule has 1 aromatic heterocycles. The van der Waals surface area contributed by atoms with Crippen molar-refractivity contribution < 1.29 is 9.90 Å². The van der Waals surface area contributed by atoms with Gasteiger partial charge in [0.15, 0.2) is 11.6 Å². The van der Waals surface area contributed by atoms with E-state index in [1.165, 1.54) is 40.6 Å². The smallest absolute Gasteiger partial charge is 0.235 e. The zero-order chi connectivity index (χ0) is 25.1. The van der Waals surface area contributed by atoms with Crippen LogP contribution in [0.5, 0.6) is 0 Å². The van der Waals surface area contributed by atoms with Gasteiger partial charge < -0.3 is 10.4 Å². The van der Waals surface area contributed by atoms with E-state index in [0.29, 0.717) is 30.3 Å². The van der Waals surface area contributed by atoms with Crippen LogP contribution in [0.15, 0.2) is 54.8 Å². The summed E-state index contributed by atoms with van der Waals surface area (Å²) in [7, 11) is 0. The Bertz CT molecular complexity index is 1060. The Balaban J connectivity index is 0.000000266. The Hall–Kier alpha value is -2.96. The summed E-state index contributed by atoms with van der Waals surface area (Å²) in [5.74, 6) is 1.83. The first-order valence-electron chi connectivity index (χ1n) is 11.5. The van der Waals surface area contributed by atoms with Crippen molar-refractivity contribution in [2.45, 2.75) is 53.5 Å². The number of halogens is 1. The molecule has 2 aromatic rings. The Labute approximate surface area is 207 Å². The minimum absolute atomic E-state index is 0.0984. The number of aryl methyl sites for hydroxylation is 2. The maximum atomic E-state index is 11.1. The largest absolute Gasteiger partial charge is 0.390 e. The first kappa shape index (κ1) is 27.3. The van der Waals surface area contributed by atoms with Gasteiger partial charge in [0.25, 0.3) is 0 Å². The highest BCUT2D eigenvalue weighted by Crippen LogP contribution is 2.36. The Kier molecular flexibility index (Phi) is 11.0. The highest BCUT2D eigenvalue weighted by Gasteiger charge is 2.23. The molecule has 0 bridgehead atoms. The molecule has 1 aliphatic rings. The number of nitrogens with one attached hydrogen (secondary N) is 1. The second kappa shape index (κ2) is 13.7. The van der Waals surface area contributed by atoms with E-state index in [2.05, 4.69) is 48.0 Å². The van der Waals surface area contributed by atoms with Crippen LogP contribution in [0.3, 0.4) is 0 Å². The fourth-order valence-corrected chi connectivity index (χ4v) is 3.85. The van der Waals surface area contributed by atoms with Crippen LogP contribution in [0.2, 0.25) is 5.02 Å². The first-order valence-corrected chi connectivity index (χ1v) is 11.9. The van der Waals surface area contributed by atoms with E-state index in [0.717, 1.165) is 16.5 Å². The molecular formula is C27H35ClN4O2. The molecule has 0 unspecified atom stereocenters. The first-order chi connectivity index (χ1) is 16.4. The van der Waals surface area contributed by atoms with Crippen LogP contribution in [0.25, 0.3) is 5.57 Å². The monoisotopic (exact) mass is 482 g/mol. The third-order valence-electron chi connectivity index (χ3n) is 5.45. The Morgan fingerprint density at radius 3 is 2.59 bits per heavy atom. The highest BCUT2D eigenvalue weighted by molar-refractivity contribution is 6.31. The zero-order valence-corrected chi connectivity index (χ0v) is 21.3. The topological polar surface area (TPSA) is 80.0 Å². The van der Waals surface area contributed by atoms with Gasteiger partial charge in [0.05, 0.1) is 13.2 Å². The fraction of sp³-hybridized carbons (Fsp3) is 0.370. The number of benzene rings is 1. The quantitative estimate of drug-likeness (QED) is 0.352. The van der Waals surface area contributed by atoms with E-state index in [-0.39, 0.29) is 6.61 Å². The molecule has 1 heterocycles. The molecule has 0 amide bonds. The van der Waals surface area contributed by atoms with Gasteiger partial charge in [0.2, 0.25) is 6.41 Å². The lowest BCUT2D eigenvalue weighted by atomic mass is 10.0. The second-order valence-corrected chi connectivity index (χ2v) is 8.68. The molecule has 34 heavy (non-hydrogen) atoms. The molecule has 7 heteroatoms. The number of rotatable bonds is 10. The Morgan fingerprint density at radius 2 is 2.06 bits per heavy atom. The van der Waals surface area contributed by atoms with Crippen molar-refractivity contribution >= 4 is 23.6 Å². The summed E-state index contributed by atoms with van der Waals surface area (Å²) < 4.78 is 1.17. The van der Waals surface area contributed by atoms with Gasteiger partial charge in [0, 0.05) is 16.3 Å². The number of nitrogens with zero attached hydrogens (tertiary/aromatic N) is 3. The van der Waals surface area contributed by atoms with Gasteiger partial charge in [-0.25, -0.2) is 4.98 Å². The van der Waals surface area contributed by atoms with E-state index in [9.17, 15) is 4.79 Å². The van der Waals surface area contributed by atoms with E-state index < -0.39 is 0 Å². The summed E-state index contributed by atoms with van der Waals surface area (Å²) in [6.07, 6.45) is 13.4. The van der Waals surface area contributed by atoms with E-state index in [1.807, 2.05) is 26.0 Å². The van der Waals surface area contributed by atoms with Gasteiger partial charge in [-0.2, -0.15) is 4.68 Å². The van der Waals surface area contributed by atoms with Crippen LogP contribution < -0.4 is 5.32 Å². The van der Waals surface area contributed by atoms with Crippen molar-refractivity contribution in [2.24, 2.45) is 5.92 Å². The molecule has 0 aliphatic heterocycles. The summed E-state index contributed by atoms with van der Waals surface area (Å²) in [6.45, 7) is 11.8. The minimum atomic E-state index is -0.0984. The number of aliphatic hydroxyl groups is 1. The molecule has 2 N–H and O–H groups in total. The number of aromatic nitrogens is 3. The van der Waals surface area contributed by atoms with Crippen LogP contribution in [0, 0.1) is 19.8 Å². The summed E-state index contributed by atoms with van der Waals surface area (Å²) in [6, 6.07) is 4.30. The van der Waals surface area contributed by atoms with Gasteiger partial charge in [-0.05, 0) is 75.6 Å². The van der Waals surface area contributed by atoms with Gasteiger partial charge in [-0.1, -0.05) is 54.6 Å². The molecule has 182 valence electrons. The molecule has 6 nitrogen and oxygen atoms in total. The van der Waals surface area contributed by atoms with Gasteiger partial charge in [-0.3, -0.25) is 4.79 Å². The van der Waals surface area contributed by atoms with E-state index >= 15 is 0 Å². The molecule has 0 saturated heterocycles. The van der Waals surface area contributed by atoms with Crippen molar-refractivity contribution in [1.82, 2.24) is 20.1 Å². The third kappa shape index (κ3) is 8.12. The van der Waals surface area contributed by atoms with Crippen molar-refractivity contribution in [3.63, 3.8) is 0 Å². The Morgan fingerprint density at radius 1 is 1.32 bits per heavy atom. The molecule has 0 atom stereocenters. The normalized spacial score (nSPS) is 14.1. The lowest BCUT2D eigenvalue weighted by Crippen LogP contribution is -2.19. The fourth-order valence-electron chi connectivity index (χ4n) is 3.45. The molecule has 1 aliphatic carbocycles. The number of allylic oxidation sites excluding steroid dienone is 6. The number of hydrogen-bond acceptors (Lipinski definition) is 5. The summed E-state index contributed by atoms with van der Waals surface area (Å²) in [5, 5.41) is 17.2. The number of carbonyl (C=O) groups is 1. The van der Waals surface area contributed by atoms with Crippen LogP contribution in [-0.2, 0) is 17.8 Å². The SMILES string of the molecule is C=C/C=C(\C=C/C)c1nc(CN/C(=C\C)CO)n(C=O)n1.Cc1cc(C)c(CC2CC2)c(Cl)c1. The number of hydrogen-bond donors (Lipinski definition) is 2. The zero-order valence-electron chi connectivity index (χ0n) is 20.5. The van der Waals surface area contributed by atoms with Crippen LogP contribution in [-0.4, -0.2) is 32.9 Å². The van der Waals surface area contributed by atoms with Crippen molar-refractivity contribution in [2.75, 3.05) is 6.61 Å². The predicted molar refractivity (Wildman–Crippen MR) is 140 cm³/mol. The minimum Gasteiger partial charge on any atom is -0.390 e.